The SMILES string of the molecule is CCOC(=O)c1ccc2ncc(C(=O)OCC)c(NCCCOC(=O)C(Cl)(Cl)Cl)c2c1. The molecule has 11 heteroatoms. The molecule has 2 rings (SSSR count). The smallest absolute Gasteiger partial charge is 0.358 e. The van der Waals surface area contributed by atoms with Crippen LogP contribution in [0.4, 0.5) is 5.69 Å². The van der Waals surface area contributed by atoms with Crippen LogP contribution in [0.5, 0.6) is 0 Å². The molecule has 0 amide bonds. The first-order valence-electron chi connectivity index (χ1n) is 9.43. The molecule has 0 aliphatic carbocycles. The number of esters is 3. The predicted octanol–water partition coefficient (Wildman–Crippen LogP) is 4.30. The molecule has 0 unspecified atom stereocenters. The van der Waals surface area contributed by atoms with Gasteiger partial charge in [0.1, 0.15) is 5.56 Å². The van der Waals surface area contributed by atoms with Gasteiger partial charge < -0.3 is 19.5 Å². The minimum atomic E-state index is -2.14. The average molecular weight is 492 g/mol. The number of carbonyl (C=O) groups excluding carboxylic acids is 3. The second-order valence-electron chi connectivity index (χ2n) is 6.13. The van der Waals surface area contributed by atoms with Crippen LogP contribution < -0.4 is 5.32 Å². The van der Waals surface area contributed by atoms with E-state index < -0.39 is 21.7 Å². The van der Waals surface area contributed by atoms with Gasteiger partial charge in [-0.05, 0) is 38.5 Å². The second kappa shape index (κ2) is 11.4. The van der Waals surface area contributed by atoms with Gasteiger partial charge in [0, 0.05) is 18.1 Å². The lowest BCUT2D eigenvalue weighted by atomic mass is 10.1. The van der Waals surface area contributed by atoms with E-state index in [0.29, 0.717) is 35.1 Å². The summed E-state index contributed by atoms with van der Waals surface area (Å²) in [4.78, 5) is 40.3. The van der Waals surface area contributed by atoms with E-state index in [4.69, 9.17) is 49.0 Å². The zero-order valence-electron chi connectivity index (χ0n) is 16.9. The molecule has 0 bridgehead atoms. The molecule has 0 saturated heterocycles. The lowest BCUT2D eigenvalue weighted by Crippen LogP contribution is -2.23. The molecule has 0 atom stereocenters. The molecule has 31 heavy (non-hydrogen) atoms. The van der Waals surface area contributed by atoms with Crippen molar-refractivity contribution in [3.05, 3.63) is 35.5 Å². The maximum Gasteiger partial charge on any atom is 0.358 e. The van der Waals surface area contributed by atoms with Crippen molar-refractivity contribution < 1.29 is 28.6 Å². The molecule has 2 aromatic rings. The summed E-state index contributed by atoms with van der Waals surface area (Å²) in [7, 11) is 0. The van der Waals surface area contributed by atoms with Crippen LogP contribution in [0.25, 0.3) is 10.9 Å². The quantitative estimate of drug-likeness (QED) is 0.240. The molecule has 0 fully saturated rings. The highest BCUT2D eigenvalue weighted by molar-refractivity contribution is 6.75. The maximum atomic E-state index is 12.4. The molecule has 1 aromatic heterocycles. The molecular weight excluding hydrogens is 471 g/mol. The number of anilines is 1. The summed E-state index contributed by atoms with van der Waals surface area (Å²) in [6.45, 7) is 4.12. The Morgan fingerprint density at radius 1 is 1.03 bits per heavy atom. The number of rotatable bonds is 9. The average Bonchev–Trinajstić information content (AvgIpc) is 2.72. The number of aromatic nitrogens is 1. The highest BCUT2D eigenvalue weighted by atomic mass is 35.6. The Bertz CT molecular complexity index is 957. The van der Waals surface area contributed by atoms with Crippen LogP contribution in [0.3, 0.4) is 0 Å². The summed E-state index contributed by atoms with van der Waals surface area (Å²) in [6.07, 6.45) is 1.76. The summed E-state index contributed by atoms with van der Waals surface area (Å²) in [6, 6.07) is 4.84. The Morgan fingerprint density at radius 2 is 1.71 bits per heavy atom. The topological polar surface area (TPSA) is 104 Å². The van der Waals surface area contributed by atoms with Crippen LogP contribution >= 0.6 is 34.8 Å². The third kappa shape index (κ3) is 6.85. The lowest BCUT2D eigenvalue weighted by molar-refractivity contribution is -0.142. The Kier molecular flexibility index (Phi) is 9.15. The van der Waals surface area contributed by atoms with Gasteiger partial charge in [-0.3, -0.25) is 4.98 Å². The molecule has 0 radical (unpaired) electrons. The van der Waals surface area contributed by atoms with E-state index in [0.717, 1.165) is 0 Å². The van der Waals surface area contributed by atoms with Gasteiger partial charge in [0.05, 0.1) is 36.6 Å². The van der Waals surface area contributed by atoms with E-state index in [-0.39, 0.29) is 25.4 Å². The number of hydrogen-bond donors (Lipinski definition) is 1. The number of fused-ring (bicyclic) bond motifs is 1. The third-order valence-electron chi connectivity index (χ3n) is 3.96. The normalized spacial score (nSPS) is 11.1. The van der Waals surface area contributed by atoms with E-state index in [1.165, 1.54) is 6.20 Å². The summed E-state index contributed by atoms with van der Waals surface area (Å²) in [5, 5.41) is 3.66. The largest absolute Gasteiger partial charge is 0.462 e. The van der Waals surface area contributed by atoms with Gasteiger partial charge in [-0.2, -0.15) is 0 Å². The second-order valence-corrected chi connectivity index (χ2v) is 8.41. The fraction of sp³-hybridized carbons (Fsp3) is 0.400. The molecule has 0 saturated carbocycles. The summed E-state index contributed by atoms with van der Waals surface area (Å²) in [5.41, 5.74) is 1.51. The predicted molar refractivity (Wildman–Crippen MR) is 118 cm³/mol. The number of alkyl halides is 3. The molecule has 0 aliphatic heterocycles. The number of ether oxygens (including phenoxy) is 3. The standard InChI is InChI=1S/C20H21Cl3N2O6/c1-3-29-17(26)12-6-7-15-13(10-12)16(14(11-25-15)18(27)30-4-2)24-8-5-9-31-19(28)20(21,22)23/h6-7,10-11H,3-5,8-9H2,1-2H3,(H,24,25). The maximum absolute atomic E-state index is 12.4. The number of carbonyl (C=O) groups is 3. The van der Waals surface area contributed by atoms with Gasteiger partial charge in [-0.1, -0.05) is 34.8 Å². The zero-order valence-corrected chi connectivity index (χ0v) is 19.1. The van der Waals surface area contributed by atoms with Crippen LogP contribution in [0.15, 0.2) is 24.4 Å². The number of nitrogens with zero attached hydrogens (tertiary/aromatic N) is 1. The van der Waals surface area contributed by atoms with Crippen molar-refractivity contribution in [1.29, 1.82) is 0 Å². The first-order valence-corrected chi connectivity index (χ1v) is 10.6. The van der Waals surface area contributed by atoms with Crippen molar-refractivity contribution in [2.24, 2.45) is 0 Å². The Hall–Kier alpha value is -2.29. The summed E-state index contributed by atoms with van der Waals surface area (Å²) < 4.78 is 12.9. The van der Waals surface area contributed by atoms with Gasteiger partial charge in [-0.25, -0.2) is 14.4 Å². The first kappa shape index (κ1) is 25.0. The van der Waals surface area contributed by atoms with Crippen LogP contribution in [0.2, 0.25) is 0 Å². The lowest BCUT2D eigenvalue weighted by Gasteiger charge is -2.15. The summed E-state index contributed by atoms with van der Waals surface area (Å²) >= 11 is 16.4. The van der Waals surface area contributed by atoms with Crippen LogP contribution in [-0.4, -0.2) is 53.0 Å². The molecule has 1 N–H and O–H groups in total. The Morgan fingerprint density at radius 3 is 2.35 bits per heavy atom. The Labute approximate surface area is 194 Å². The number of nitrogens with one attached hydrogen (secondary N) is 1. The van der Waals surface area contributed by atoms with Crippen molar-refractivity contribution in [3.63, 3.8) is 0 Å². The number of pyridine rings is 1. The molecule has 1 aromatic carbocycles. The monoisotopic (exact) mass is 490 g/mol. The number of benzene rings is 1. The fourth-order valence-electron chi connectivity index (χ4n) is 2.62. The molecule has 1 heterocycles. The molecule has 8 nitrogen and oxygen atoms in total. The van der Waals surface area contributed by atoms with Crippen LogP contribution in [-0.2, 0) is 19.0 Å². The van der Waals surface area contributed by atoms with Gasteiger partial charge in [0.25, 0.3) is 3.79 Å². The highest BCUT2D eigenvalue weighted by Crippen LogP contribution is 2.29. The van der Waals surface area contributed by atoms with Gasteiger partial charge in [0.15, 0.2) is 0 Å². The van der Waals surface area contributed by atoms with E-state index in [9.17, 15) is 14.4 Å². The van der Waals surface area contributed by atoms with Crippen molar-refractivity contribution in [2.45, 2.75) is 24.1 Å². The first-order chi connectivity index (χ1) is 14.7. The van der Waals surface area contributed by atoms with E-state index >= 15 is 0 Å². The van der Waals surface area contributed by atoms with Gasteiger partial charge in [0.2, 0.25) is 0 Å². The minimum absolute atomic E-state index is 0.00836. The van der Waals surface area contributed by atoms with Crippen molar-refractivity contribution in [2.75, 3.05) is 31.7 Å². The van der Waals surface area contributed by atoms with E-state index in [2.05, 4.69) is 10.3 Å². The third-order valence-corrected chi connectivity index (χ3v) is 4.42. The van der Waals surface area contributed by atoms with Gasteiger partial charge in [-0.15, -0.1) is 0 Å². The molecule has 0 spiro atoms. The number of halogens is 3. The van der Waals surface area contributed by atoms with Crippen molar-refractivity contribution in [3.8, 4) is 0 Å². The fourth-order valence-corrected chi connectivity index (χ4v) is 2.78. The van der Waals surface area contributed by atoms with Gasteiger partial charge >= 0.3 is 17.9 Å². The van der Waals surface area contributed by atoms with E-state index in [1.54, 1.807) is 32.0 Å². The summed E-state index contributed by atoms with van der Waals surface area (Å²) in [5.74, 6) is -2.03. The Balaban J connectivity index is 2.27. The van der Waals surface area contributed by atoms with Crippen LogP contribution in [0, 0.1) is 0 Å². The van der Waals surface area contributed by atoms with Crippen molar-refractivity contribution >= 4 is 69.3 Å². The highest BCUT2D eigenvalue weighted by Gasteiger charge is 2.32. The molecule has 168 valence electrons. The zero-order chi connectivity index (χ0) is 23.0. The molecular formula is C20H21Cl3N2O6. The molecule has 0 aliphatic rings. The number of hydrogen-bond acceptors (Lipinski definition) is 8. The van der Waals surface area contributed by atoms with Crippen molar-refractivity contribution in [1.82, 2.24) is 4.98 Å². The van der Waals surface area contributed by atoms with E-state index in [1.807, 2.05) is 0 Å². The minimum Gasteiger partial charge on any atom is -0.462 e. The van der Waals surface area contributed by atoms with Crippen LogP contribution in [0.1, 0.15) is 41.0 Å².